The molecule has 1 nitrogen and oxygen atoms in total. The number of halogens is 2. The highest BCUT2D eigenvalue weighted by atomic mass is 79.9. The second-order valence-corrected chi connectivity index (χ2v) is 6.37. The molecular weight excluding hydrogens is 390 g/mol. The Kier molecular flexibility index (Phi) is 4.42. The SMILES string of the molecule is Brc1ccc(N(c2ccccc2)c2ccccc2)c(Br)c1. The fourth-order valence-electron chi connectivity index (χ4n) is 2.24. The molecule has 0 atom stereocenters. The maximum atomic E-state index is 3.67. The molecule has 3 heteroatoms. The van der Waals surface area contributed by atoms with Gasteiger partial charge in [0.05, 0.1) is 5.69 Å². The Morgan fingerprint density at radius 2 is 1.14 bits per heavy atom. The molecule has 0 radical (unpaired) electrons. The Morgan fingerprint density at radius 3 is 1.62 bits per heavy atom. The van der Waals surface area contributed by atoms with Crippen molar-refractivity contribution in [3.8, 4) is 0 Å². The summed E-state index contributed by atoms with van der Waals surface area (Å²) < 4.78 is 2.10. The summed E-state index contributed by atoms with van der Waals surface area (Å²) in [5.41, 5.74) is 3.37. The minimum atomic E-state index is 1.05. The van der Waals surface area contributed by atoms with E-state index in [1.54, 1.807) is 0 Å². The number of anilines is 3. The van der Waals surface area contributed by atoms with Gasteiger partial charge in [-0.2, -0.15) is 0 Å². The largest absolute Gasteiger partial charge is 0.309 e. The van der Waals surface area contributed by atoms with Crippen LogP contribution in [-0.4, -0.2) is 0 Å². The van der Waals surface area contributed by atoms with Crippen LogP contribution < -0.4 is 4.90 Å². The standard InChI is InChI=1S/C18H13Br2N/c19-14-11-12-18(17(20)13-14)21(15-7-3-1-4-8-15)16-9-5-2-6-10-16/h1-13H. The van der Waals surface area contributed by atoms with Crippen LogP contribution in [0, 0.1) is 0 Å². The second kappa shape index (κ2) is 6.46. The van der Waals surface area contributed by atoms with Crippen LogP contribution in [0.25, 0.3) is 0 Å². The molecule has 104 valence electrons. The number of nitrogens with zero attached hydrogens (tertiary/aromatic N) is 1. The van der Waals surface area contributed by atoms with Gasteiger partial charge in [0.15, 0.2) is 0 Å². The quantitative estimate of drug-likeness (QED) is 0.472. The highest BCUT2D eigenvalue weighted by molar-refractivity contribution is 9.11. The van der Waals surface area contributed by atoms with E-state index in [0.29, 0.717) is 0 Å². The summed E-state index contributed by atoms with van der Waals surface area (Å²) in [6.07, 6.45) is 0. The smallest absolute Gasteiger partial charge is 0.0604 e. The van der Waals surface area contributed by atoms with Gasteiger partial charge in [-0.3, -0.25) is 0 Å². The summed E-state index contributed by atoms with van der Waals surface area (Å²) in [4.78, 5) is 2.23. The third kappa shape index (κ3) is 3.20. The molecule has 0 unspecified atom stereocenters. The topological polar surface area (TPSA) is 3.24 Å². The first kappa shape index (κ1) is 14.4. The van der Waals surface area contributed by atoms with Crippen LogP contribution in [0.2, 0.25) is 0 Å². The number of para-hydroxylation sites is 2. The van der Waals surface area contributed by atoms with Crippen molar-refractivity contribution in [2.45, 2.75) is 0 Å². The number of hydrogen-bond donors (Lipinski definition) is 0. The zero-order chi connectivity index (χ0) is 14.7. The molecule has 3 rings (SSSR count). The van der Waals surface area contributed by atoms with Gasteiger partial charge < -0.3 is 4.90 Å². The molecule has 0 amide bonds. The molecule has 0 aliphatic rings. The molecule has 0 fully saturated rings. The van der Waals surface area contributed by atoms with E-state index in [9.17, 15) is 0 Å². The third-order valence-electron chi connectivity index (χ3n) is 3.18. The molecule has 21 heavy (non-hydrogen) atoms. The van der Waals surface area contributed by atoms with Gasteiger partial charge in [-0.1, -0.05) is 52.3 Å². The predicted molar refractivity (Wildman–Crippen MR) is 96.5 cm³/mol. The van der Waals surface area contributed by atoms with E-state index >= 15 is 0 Å². The van der Waals surface area contributed by atoms with E-state index in [1.165, 1.54) is 0 Å². The lowest BCUT2D eigenvalue weighted by Gasteiger charge is -2.26. The molecule has 3 aromatic rings. The van der Waals surface area contributed by atoms with Crippen LogP contribution in [0.4, 0.5) is 17.1 Å². The van der Waals surface area contributed by atoms with Crippen LogP contribution in [0.15, 0.2) is 87.8 Å². The van der Waals surface area contributed by atoms with Crippen LogP contribution in [-0.2, 0) is 0 Å². The third-order valence-corrected chi connectivity index (χ3v) is 4.31. The molecule has 0 aliphatic heterocycles. The van der Waals surface area contributed by atoms with Crippen molar-refractivity contribution < 1.29 is 0 Å². The predicted octanol–water partition coefficient (Wildman–Crippen LogP) is 6.68. The van der Waals surface area contributed by atoms with Gasteiger partial charge in [-0.05, 0) is 58.4 Å². The maximum Gasteiger partial charge on any atom is 0.0604 e. The van der Waals surface area contributed by atoms with E-state index in [4.69, 9.17) is 0 Å². The zero-order valence-corrected chi connectivity index (χ0v) is 14.4. The minimum absolute atomic E-state index is 1.05. The highest BCUT2D eigenvalue weighted by Crippen LogP contribution is 2.39. The van der Waals surface area contributed by atoms with Gasteiger partial charge in [0.2, 0.25) is 0 Å². The lowest BCUT2D eigenvalue weighted by Crippen LogP contribution is -2.10. The maximum absolute atomic E-state index is 3.67. The average molecular weight is 403 g/mol. The fraction of sp³-hybridized carbons (Fsp3) is 0. The summed E-state index contributed by atoms with van der Waals surface area (Å²) >= 11 is 7.18. The van der Waals surface area contributed by atoms with E-state index < -0.39 is 0 Å². The van der Waals surface area contributed by atoms with Crippen LogP contribution in [0.3, 0.4) is 0 Å². The van der Waals surface area contributed by atoms with Gasteiger partial charge >= 0.3 is 0 Å². The van der Waals surface area contributed by atoms with Gasteiger partial charge in [-0.25, -0.2) is 0 Å². The first-order valence-corrected chi connectivity index (χ1v) is 8.19. The molecule has 0 spiro atoms. The van der Waals surface area contributed by atoms with Gasteiger partial charge in [0, 0.05) is 20.3 Å². The molecule has 0 bridgehead atoms. The van der Waals surface area contributed by atoms with E-state index in [2.05, 4.69) is 103 Å². The molecule has 0 aliphatic carbocycles. The monoisotopic (exact) mass is 401 g/mol. The summed E-state index contributed by atoms with van der Waals surface area (Å²) in [6.45, 7) is 0. The van der Waals surface area contributed by atoms with Crippen molar-refractivity contribution in [3.05, 3.63) is 87.8 Å². The van der Waals surface area contributed by atoms with Crippen molar-refractivity contribution in [2.24, 2.45) is 0 Å². The van der Waals surface area contributed by atoms with Crippen molar-refractivity contribution in [1.29, 1.82) is 0 Å². The van der Waals surface area contributed by atoms with E-state index in [1.807, 2.05) is 12.1 Å². The Morgan fingerprint density at radius 1 is 0.619 bits per heavy atom. The van der Waals surface area contributed by atoms with Crippen molar-refractivity contribution in [2.75, 3.05) is 4.90 Å². The molecular formula is C18H13Br2N. The summed E-state index contributed by atoms with van der Waals surface area (Å²) in [5.74, 6) is 0. The number of rotatable bonds is 3. The first-order valence-electron chi connectivity index (χ1n) is 6.61. The molecule has 0 N–H and O–H groups in total. The van der Waals surface area contributed by atoms with Gasteiger partial charge in [0.25, 0.3) is 0 Å². The Balaban J connectivity index is 2.17. The minimum Gasteiger partial charge on any atom is -0.309 e. The molecule has 3 aromatic carbocycles. The second-order valence-electron chi connectivity index (χ2n) is 4.60. The number of benzene rings is 3. The van der Waals surface area contributed by atoms with E-state index in [-0.39, 0.29) is 0 Å². The summed E-state index contributed by atoms with van der Waals surface area (Å²) in [7, 11) is 0. The van der Waals surface area contributed by atoms with Gasteiger partial charge in [0.1, 0.15) is 0 Å². The number of hydrogen-bond acceptors (Lipinski definition) is 1. The van der Waals surface area contributed by atoms with Crippen LogP contribution >= 0.6 is 31.9 Å². The van der Waals surface area contributed by atoms with E-state index in [0.717, 1.165) is 26.0 Å². The van der Waals surface area contributed by atoms with Crippen molar-refractivity contribution in [3.63, 3.8) is 0 Å². The summed E-state index contributed by atoms with van der Waals surface area (Å²) in [5, 5.41) is 0. The van der Waals surface area contributed by atoms with Gasteiger partial charge in [-0.15, -0.1) is 0 Å². The normalized spacial score (nSPS) is 10.4. The first-order chi connectivity index (χ1) is 10.3. The fourth-order valence-corrected chi connectivity index (χ4v) is 3.47. The highest BCUT2D eigenvalue weighted by Gasteiger charge is 2.14. The van der Waals surface area contributed by atoms with Crippen LogP contribution in [0.1, 0.15) is 0 Å². The zero-order valence-electron chi connectivity index (χ0n) is 11.2. The average Bonchev–Trinajstić information content (AvgIpc) is 2.52. The molecule has 0 saturated carbocycles. The molecule has 0 saturated heterocycles. The van der Waals surface area contributed by atoms with Crippen molar-refractivity contribution in [1.82, 2.24) is 0 Å². The lowest BCUT2D eigenvalue weighted by atomic mass is 10.2. The van der Waals surface area contributed by atoms with Crippen molar-refractivity contribution >= 4 is 48.9 Å². The Labute approximate surface area is 141 Å². The molecule has 0 aromatic heterocycles. The van der Waals surface area contributed by atoms with Crippen LogP contribution in [0.5, 0.6) is 0 Å². The molecule has 0 heterocycles. The summed E-state index contributed by atoms with van der Waals surface area (Å²) in [6, 6.07) is 27.0. The lowest BCUT2D eigenvalue weighted by molar-refractivity contribution is 1.27. The Bertz CT molecular complexity index is 687. The Hall–Kier alpha value is -1.58.